The van der Waals surface area contributed by atoms with E-state index in [9.17, 15) is 14.4 Å². The van der Waals surface area contributed by atoms with Crippen molar-refractivity contribution in [3.8, 4) is 0 Å². The molecule has 3 rings (SSSR count). The van der Waals surface area contributed by atoms with Crippen LogP contribution in [0.5, 0.6) is 0 Å². The number of ether oxygens (including phenoxy) is 7. The minimum Gasteiger partial charge on any atom is -0.458 e. The second-order valence-corrected chi connectivity index (χ2v) is 16.4. The van der Waals surface area contributed by atoms with Crippen LogP contribution in [-0.2, 0) is 52.0 Å². The summed E-state index contributed by atoms with van der Waals surface area (Å²) in [6, 6.07) is 0. The molecule has 0 aromatic heterocycles. The Morgan fingerprint density at radius 1 is 0.917 bits per heavy atom. The van der Waals surface area contributed by atoms with Crippen LogP contribution >= 0.6 is 0 Å². The molecule has 3 aliphatic rings. The van der Waals surface area contributed by atoms with E-state index in [4.69, 9.17) is 37.6 Å². The highest BCUT2D eigenvalue weighted by Gasteiger charge is 2.73. The maximum Gasteiger partial charge on any atom is 0.304 e. The van der Waals surface area contributed by atoms with Gasteiger partial charge in [0.1, 0.15) is 18.3 Å². The Morgan fingerprint density at radius 2 is 1.50 bits per heavy atom. The molecule has 3 fully saturated rings. The van der Waals surface area contributed by atoms with E-state index in [0.717, 1.165) is 0 Å². The lowest BCUT2D eigenvalue weighted by Gasteiger charge is -2.50. The summed E-state index contributed by atoms with van der Waals surface area (Å²) in [7, 11) is -2.25. The van der Waals surface area contributed by atoms with Crippen LogP contribution in [0.2, 0.25) is 18.1 Å². The molecule has 0 aliphatic carbocycles. The predicted octanol–water partition coefficient (Wildman–Crippen LogP) is 2.80. The molecule has 1 spiro atoms. The average Bonchev–Trinajstić information content (AvgIpc) is 3.12. The molecule has 0 N–H and O–H groups in total. The van der Waals surface area contributed by atoms with Crippen molar-refractivity contribution in [1.82, 2.24) is 0 Å². The number of esters is 3. The molecular weight excluding hydrogens is 492 g/mol. The van der Waals surface area contributed by atoms with Crippen molar-refractivity contribution in [2.24, 2.45) is 0 Å². The number of fused-ring (bicyclic) bond motifs is 2. The molecule has 11 nitrogen and oxygen atoms in total. The summed E-state index contributed by atoms with van der Waals surface area (Å²) >= 11 is 0. The predicted molar refractivity (Wildman–Crippen MR) is 127 cm³/mol. The molecule has 0 aromatic rings. The van der Waals surface area contributed by atoms with Crippen LogP contribution in [0, 0.1) is 0 Å². The van der Waals surface area contributed by atoms with Gasteiger partial charge >= 0.3 is 17.9 Å². The van der Waals surface area contributed by atoms with E-state index in [1.807, 2.05) is 0 Å². The Balaban J connectivity index is 2.10. The van der Waals surface area contributed by atoms with Crippen LogP contribution in [-0.4, -0.2) is 81.2 Å². The SMILES string of the molecule is CC(=O)O[C@@H]1C[C@H](OC(C)=O)[C@H](OC(C)=O)[C@@]2(O1)[C@@H](CO[Si](C)(C)C(C)(C)C)O[C@@H]1OC(C)(C)O[C@@H]12. The molecule has 0 bridgehead atoms. The highest BCUT2D eigenvalue weighted by atomic mass is 28.4. The van der Waals surface area contributed by atoms with Gasteiger partial charge in [-0.2, -0.15) is 0 Å². The summed E-state index contributed by atoms with van der Waals surface area (Å²) in [5.41, 5.74) is -1.56. The number of hydrogen-bond acceptors (Lipinski definition) is 11. The second kappa shape index (κ2) is 9.95. The summed E-state index contributed by atoms with van der Waals surface area (Å²) in [6.45, 7) is 17.8. The van der Waals surface area contributed by atoms with Gasteiger partial charge in [-0.3, -0.25) is 14.4 Å². The fourth-order valence-electron chi connectivity index (χ4n) is 4.62. The zero-order valence-corrected chi connectivity index (χ0v) is 23.9. The van der Waals surface area contributed by atoms with Crippen molar-refractivity contribution in [1.29, 1.82) is 0 Å². The Kier molecular flexibility index (Phi) is 8.01. The quantitative estimate of drug-likeness (QED) is 0.285. The van der Waals surface area contributed by atoms with Gasteiger partial charge in [0.05, 0.1) is 13.0 Å². The minimum atomic E-state index is -2.25. The summed E-state index contributed by atoms with van der Waals surface area (Å²) in [4.78, 5) is 36.2. The molecule has 0 amide bonds. The zero-order valence-electron chi connectivity index (χ0n) is 22.9. The molecule has 0 saturated carbocycles. The van der Waals surface area contributed by atoms with E-state index in [0.29, 0.717) is 0 Å². The van der Waals surface area contributed by atoms with Gasteiger partial charge in [0.15, 0.2) is 32.1 Å². The van der Waals surface area contributed by atoms with Crippen molar-refractivity contribution in [3.05, 3.63) is 0 Å². The lowest BCUT2D eigenvalue weighted by atomic mass is 9.80. The van der Waals surface area contributed by atoms with Crippen LogP contribution in [0.3, 0.4) is 0 Å². The molecule has 3 saturated heterocycles. The molecule has 0 unspecified atom stereocenters. The van der Waals surface area contributed by atoms with Crippen molar-refractivity contribution in [2.75, 3.05) is 6.61 Å². The van der Waals surface area contributed by atoms with Gasteiger partial charge in [0.25, 0.3) is 0 Å². The van der Waals surface area contributed by atoms with Gasteiger partial charge in [-0.15, -0.1) is 0 Å². The first-order chi connectivity index (χ1) is 16.4. The Labute approximate surface area is 213 Å². The Hall–Kier alpha value is -1.57. The van der Waals surface area contributed by atoms with Gasteiger partial charge < -0.3 is 37.6 Å². The number of carbonyl (C=O) groups excluding carboxylic acids is 3. The molecular formula is C24H40O11Si. The highest BCUT2D eigenvalue weighted by Crippen LogP contribution is 2.52. The molecule has 206 valence electrons. The van der Waals surface area contributed by atoms with Crippen LogP contribution in [0.25, 0.3) is 0 Å². The van der Waals surface area contributed by atoms with E-state index < -0.39 is 74.6 Å². The molecule has 36 heavy (non-hydrogen) atoms. The lowest BCUT2D eigenvalue weighted by molar-refractivity contribution is -0.331. The van der Waals surface area contributed by atoms with E-state index in [-0.39, 0.29) is 18.1 Å². The first kappa shape index (κ1) is 29.0. The first-order valence-electron chi connectivity index (χ1n) is 12.2. The van der Waals surface area contributed by atoms with E-state index in [1.165, 1.54) is 20.8 Å². The van der Waals surface area contributed by atoms with Crippen molar-refractivity contribution < 1.29 is 52.0 Å². The zero-order chi connectivity index (χ0) is 27.3. The maximum absolute atomic E-state index is 12.3. The Morgan fingerprint density at radius 3 is 2.03 bits per heavy atom. The molecule has 12 heteroatoms. The van der Waals surface area contributed by atoms with Crippen LogP contribution in [0.4, 0.5) is 0 Å². The maximum atomic E-state index is 12.3. The average molecular weight is 533 g/mol. The molecule has 7 atom stereocenters. The monoisotopic (exact) mass is 532 g/mol. The second-order valence-electron chi connectivity index (χ2n) is 11.5. The van der Waals surface area contributed by atoms with Gasteiger partial charge in [0, 0.05) is 20.8 Å². The van der Waals surface area contributed by atoms with Gasteiger partial charge in [0.2, 0.25) is 6.29 Å². The highest BCUT2D eigenvalue weighted by molar-refractivity contribution is 6.74. The van der Waals surface area contributed by atoms with Gasteiger partial charge in [-0.25, -0.2) is 0 Å². The topological polar surface area (TPSA) is 125 Å². The third-order valence-electron chi connectivity index (χ3n) is 7.16. The lowest BCUT2D eigenvalue weighted by Crippen LogP contribution is -2.70. The number of carbonyl (C=O) groups is 3. The van der Waals surface area contributed by atoms with E-state index in [1.54, 1.807) is 13.8 Å². The van der Waals surface area contributed by atoms with Crippen LogP contribution in [0.1, 0.15) is 61.8 Å². The largest absolute Gasteiger partial charge is 0.458 e. The van der Waals surface area contributed by atoms with Crippen LogP contribution in [0.15, 0.2) is 0 Å². The third kappa shape index (κ3) is 5.78. The molecule has 3 aliphatic heterocycles. The number of hydrogen-bond donors (Lipinski definition) is 0. The molecule has 0 aromatic carbocycles. The number of rotatable bonds is 6. The van der Waals surface area contributed by atoms with E-state index >= 15 is 0 Å². The molecule has 0 radical (unpaired) electrons. The van der Waals surface area contributed by atoms with Crippen molar-refractivity contribution in [2.45, 2.75) is 128 Å². The third-order valence-corrected chi connectivity index (χ3v) is 11.7. The summed E-state index contributed by atoms with van der Waals surface area (Å²) in [6.07, 6.45) is -5.97. The van der Waals surface area contributed by atoms with Gasteiger partial charge in [-0.1, -0.05) is 20.8 Å². The van der Waals surface area contributed by atoms with Crippen molar-refractivity contribution >= 4 is 26.2 Å². The Bertz CT molecular complexity index is 867. The normalized spacial score (nSPS) is 35.8. The summed E-state index contributed by atoms with van der Waals surface area (Å²) in [5, 5.41) is -0.0904. The fourth-order valence-corrected chi connectivity index (χ4v) is 5.62. The fraction of sp³-hybridized carbons (Fsp3) is 0.875. The van der Waals surface area contributed by atoms with E-state index in [2.05, 4.69) is 33.9 Å². The minimum absolute atomic E-state index is 0.0453. The molecule has 3 heterocycles. The van der Waals surface area contributed by atoms with Crippen LogP contribution < -0.4 is 0 Å². The standard InChI is InChI=1S/C24H40O11Si/c1-13(25)29-16-11-18(30-14(2)26)33-24(19(16)31-15(3)27)17(12-28-36(9,10)22(4,5)6)32-21-20(24)34-23(7,8)35-21/h16-21H,11-12H2,1-10H3/t16-,17+,18-,19-,20-,21+,24-/m0/s1. The summed E-state index contributed by atoms with van der Waals surface area (Å²) < 4.78 is 48.2. The van der Waals surface area contributed by atoms with Crippen molar-refractivity contribution in [3.63, 3.8) is 0 Å². The smallest absolute Gasteiger partial charge is 0.304 e. The van der Waals surface area contributed by atoms with Gasteiger partial charge in [-0.05, 0) is 32.0 Å². The first-order valence-corrected chi connectivity index (χ1v) is 15.1. The summed E-state index contributed by atoms with van der Waals surface area (Å²) in [5.74, 6) is -2.83.